The van der Waals surface area contributed by atoms with Crippen LogP contribution in [0.3, 0.4) is 0 Å². The Balaban J connectivity index is 1.95. The van der Waals surface area contributed by atoms with Crippen LogP contribution >= 0.6 is 11.6 Å². The van der Waals surface area contributed by atoms with Gasteiger partial charge in [-0.3, -0.25) is 9.59 Å². The van der Waals surface area contributed by atoms with E-state index < -0.39 is 21.8 Å². The summed E-state index contributed by atoms with van der Waals surface area (Å²) < 4.78 is 25.0. The maximum Gasteiger partial charge on any atom is 0.255 e. The molecule has 0 spiro atoms. The fraction of sp³-hybridized carbons (Fsp3) is 0.263. The third kappa shape index (κ3) is 3.84. The second-order valence-electron chi connectivity index (χ2n) is 6.59. The molecule has 0 aliphatic carbocycles. The fourth-order valence-corrected chi connectivity index (χ4v) is 4.69. The standard InChI is InChI=1S/C19H19ClN2O4S/c1-12(2)14-5-3-4-6-16(14)21-19(24)13-7-8-15(20)17(11-13)22-18(23)9-10-27(22,25)26/h3-8,11-12H,9-10H2,1-2H3,(H,21,24). The van der Waals surface area contributed by atoms with Gasteiger partial charge in [-0.25, -0.2) is 12.7 Å². The number of hydrogen-bond donors (Lipinski definition) is 1. The Morgan fingerprint density at radius 2 is 1.89 bits per heavy atom. The molecule has 3 rings (SSSR count). The van der Waals surface area contributed by atoms with Crippen molar-refractivity contribution < 1.29 is 18.0 Å². The summed E-state index contributed by atoms with van der Waals surface area (Å²) in [4.78, 5) is 24.7. The largest absolute Gasteiger partial charge is 0.322 e. The molecule has 0 saturated carbocycles. The highest BCUT2D eigenvalue weighted by Crippen LogP contribution is 2.33. The van der Waals surface area contributed by atoms with E-state index in [2.05, 4.69) is 5.32 Å². The normalized spacial score (nSPS) is 16.0. The van der Waals surface area contributed by atoms with Crippen LogP contribution in [-0.4, -0.2) is 26.0 Å². The Labute approximate surface area is 163 Å². The number of carbonyl (C=O) groups excluding carboxylic acids is 2. The molecule has 1 heterocycles. The number of nitrogens with zero attached hydrogens (tertiary/aromatic N) is 1. The van der Waals surface area contributed by atoms with Gasteiger partial charge in [0.05, 0.1) is 16.5 Å². The Hall–Kier alpha value is -2.38. The lowest BCUT2D eigenvalue weighted by Crippen LogP contribution is -2.30. The molecule has 1 saturated heterocycles. The van der Waals surface area contributed by atoms with Gasteiger partial charge in [-0.1, -0.05) is 43.6 Å². The summed E-state index contributed by atoms with van der Waals surface area (Å²) in [5.74, 6) is -1.01. The molecule has 0 unspecified atom stereocenters. The van der Waals surface area contributed by atoms with Crippen molar-refractivity contribution in [3.63, 3.8) is 0 Å². The first-order valence-electron chi connectivity index (χ1n) is 8.46. The third-order valence-electron chi connectivity index (χ3n) is 4.34. The van der Waals surface area contributed by atoms with Gasteiger partial charge in [-0.05, 0) is 35.7 Å². The van der Waals surface area contributed by atoms with Gasteiger partial charge in [0, 0.05) is 17.7 Å². The summed E-state index contributed by atoms with van der Waals surface area (Å²) in [6.07, 6.45) is -0.100. The maximum atomic E-state index is 12.7. The monoisotopic (exact) mass is 406 g/mol. The molecule has 0 atom stereocenters. The third-order valence-corrected chi connectivity index (χ3v) is 6.33. The van der Waals surface area contributed by atoms with Gasteiger partial charge < -0.3 is 5.32 Å². The van der Waals surface area contributed by atoms with Crippen LogP contribution in [-0.2, 0) is 14.8 Å². The van der Waals surface area contributed by atoms with E-state index in [0.717, 1.165) is 5.56 Å². The van der Waals surface area contributed by atoms with Gasteiger partial charge in [0.1, 0.15) is 0 Å². The number of sulfonamides is 1. The number of para-hydroxylation sites is 1. The number of rotatable bonds is 4. The van der Waals surface area contributed by atoms with Crippen LogP contribution in [0.5, 0.6) is 0 Å². The van der Waals surface area contributed by atoms with E-state index in [9.17, 15) is 18.0 Å². The van der Waals surface area contributed by atoms with E-state index in [0.29, 0.717) is 9.99 Å². The summed E-state index contributed by atoms with van der Waals surface area (Å²) >= 11 is 6.11. The van der Waals surface area contributed by atoms with Crippen LogP contribution in [0.15, 0.2) is 42.5 Å². The molecule has 2 aromatic carbocycles. The first kappa shape index (κ1) is 19.4. The Morgan fingerprint density at radius 3 is 2.52 bits per heavy atom. The second-order valence-corrected chi connectivity index (χ2v) is 8.93. The van der Waals surface area contributed by atoms with Crippen LogP contribution in [0.1, 0.15) is 42.1 Å². The number of amides is 2. The SMILES string of the molecule is CC(C)c1ccccc1NC(=O)c1ccc(Cl)c(N2C(=O)CCS2(=O)=O)c1. The van der Waals surface area contributed by atoms with Gasteiger partial charge in [0.15, 0.2) is 0 Å². The summed E-state index contributed by atoms with van der Waals surface area (Å²) in [7, 11) is -3.76. The number of halogens is 1. The van der Waals surface area contributed by atoms with Gasteiger partial charge in [0.25, 0.3) is 5.91 Å². The summed E-state index contributed by atoms with van der Waals surface area (Å²) in [6.45, 7) is 4.05. The van der Waals surface area contributed by atoms with Gasteiger partial charge in [-0.2, -0.15) is 0 Å². The lowest BCUT2D eigenvalue weighted by Gasteiger charge is -2.18. The van der Waals surface area contributed by atoms with E-state index in [1.165, 1.54) is 18.2 Å². The first-order chi connectivity index (χ1) is 12.7. The highest BCUT2D eigenvalue weighted by atomic mass is 35.5. The zero-order chi connectivity index (χ0) is 19.8. The van der Waals surface area contributed by atoms with Crippen molar-refractivity contribution in [3.8, 4) is 0 Å². The molecule has 1 N–H and O–H groups in total. The van der Waals surface area contributed by atoms with Crippen LogP contribution < -0.4 is 9.62 Å². The summed E-state index contributed by atoms with van der Waals surface area (Å²) in [6, 6.07) is 11.7. The van der Waals surface area contributed by atoms with Gasteiger partial charge in [0.2, 0.25) is 15.9 Å². The molecule has 1 aliphatic rings. The predicted molar refractivity (Wildman–Crippen MR) is 106 cm³/mol. The zero-order valence-electron chi connectivity index (χ0n) is 14.9. The average Bonchev–Trinajstić information content (AvgIpc) is 2.88. The Morgan fingerprint density at radius 1 is 1.19 bits per heavy atom. The second kappa shape index (κ2) is 7.32. The summed E-state index contributed by atoms with van der Waals surface area (Å²) in [5, 5.41) is 2.93. The van der Waals surface area contributed by atoms with Crippen LogP contribution in [0.4, 0.5) is 11.4 Å². The molecule has 142 valence electrons. The molecule has 27 heavy (non-hydrogen) atoms. The van der Waals surface area contributed by atoms with Crippen LogP contribution in [0.2, 0.25) is 5.02 Å². The first-order valence-corrected chi connectivity index (χ1v) is 10.4. The lowest BCUT2D eigenvalue weighted by molar-refractivity contribution is -0.116. The Kier molecular flexibility index (Phi) is 5.26. The summed E-state index contributed by atoms with van der Waals surface area (Å²) in [5.41, 5.74) is 1.88. The average molecular weight is 407 g/mol. The number of hydrogen-bond acceptors (Lipinski definition) is 4. The van der Waals surface area contributed by atoms with E-state index in [1.54, 1.807) is 6.07 Å². The van der Waals surface area contributed by atoms with Crippen molar-refractivity contribution in [1.82, 2.24) is 0 Å². The fourth-order valence-electron chi connectivity index (χ4n) is 2.97. The molecule has 8 heteroatoms. The van der Waals surface area contributed by atoms with Crippen molar-refractivity contribution in [2.75, 3.05) is 15.4 Å². The molecule has 0 aromatic heterocycles. The smallest absolute Gasteiger partial charge is 0.255 e. The molecule has 2 amide bonds. The molecule has 1 aliphatic heterocycles. The van der Waals surface area contributed by atoms with Crippen molar-refractivity contribution in [2.45, 2.75) is 26.2 Å². The van der Waals surface area contributed by atoms with Crippen molar-refractivity contribution >= 4 is 44.8 Å². The number of carbonyl (C=O) groups is 2. The Bertz CT molecular complexity index is 1020. The highest BCUT2D eigenvalue weighted by Gasteiger charge is 2.37. The quantitative estimate of drug-likeness (QED) is 0.837. The lowest BCUT2D eigenvalue weighted by atomic mass is 10.0. The number of nitrogens with one attached hydrogen (secondary N) is 1. The van der Waals surface area contributed by atoms with E-state index >= 15 is 0 Å². The minimum absolute atomic E-state index is 0.00367. The predicted octanol–water partition coefficient (Wildman–Crippen LogP) is 3.78. The highest BCUT2D eigenvalue weighted by molar-refractivity contribution is 7.94. The minimum Gasteiger partial charge on any atom is -0.322 e. The van der Waals surface area contributed by atoms with E-state index in [-0.39, 0.29) is 34.4 Å². The van der Waals surface area contributed by atoms with Crippen LogP contribution in [0.25, 0.3) is 0 Å². The van der Waals surface area contributed by atoms with Gasteiger partial charge in [-0.15, -0.1) is 0 Å². The van der Waals surface area contributed by atoms with Gasteiger partial charge >= 0.3 is 0 Å². The van der Waals surface area contributed by atoms with E-state index in [4.69, 9.17) is 11.6 Å². The topological polar surface area (TPSA) is 83.6 Å². The van der Waals surface area contributed by atoms with Crippen molar-refractivity contribution in [2.24, 2.45) is 0 Å². The van der Waals surface area contributed by atoms with E-state index in [1.807, 2.05) is 32.0 Å². The zero-order valence-corrected chi connectivity index (χ0v) is 16.5. The molecule has 6 nitrogen and oxygen atoms in total. The van der Waals surface area contributed by atoms with Crippen molar-refractivity contribution in [1.29, 1.82) is 0 Å². The maximum absolute atomic E-state index is 12.7. The molecule has 0 radical (unpaired) electrons. The molecule has 1 fully saturated rings. The molecular weight excluding hydrogens is 388 g/mol. The molecule has 0 bridgehead atoms. The number of benzene rings is 2. The molecular formula is C19H19ClN2O4S. The number of anilines is 2. The van der Waals surface area contributed by atoms with Crippen LogP contribution in [0, 0.1) is 0 Å². The minimum atomic E-state index is -3.76. The molecule has 2 aromatic rings. The van der Waals surface area contributed by atoms with Crippen molar-refractivity contribution in [3.05, 3.63) is 58.6 Å².